The van der Waals surface area contributed by atoms with Crippen molar-refractivity contribution in [2.45, 2.75) is 38.8 Å². The number of methoxy groups -OCH3 is 1. The first-order chi connectivity index (χ1) is 13.3. The van der Waals surface area contributed by atoms with E-state index < -0.39 is 17.5 Å². The molecule has 0 saturated heterocycles. The highest BCUT2D eigenvalue weighted by Crippen LogP contribution is 2.34. The molecule has 1 heterocycles. The Balaban J connectivity index is 1.93. The molecule has 3 rings (SSSR count). The molecule has 0 radical (unpaired) electrons. The van der Waals surface area contributed by atoms with Gasteiger partial charge < -0.3 is 24.8 Å². The molecule has 0 saturated carbocycles. The zero-order valence-electron chi connectivity index (χ0n) is 16.1. The second kappa shape index (κ2) is 7.75. The lowest BCUT2D eigenvalue weighted by atomic mass is 9.94. The molecule has 1 aliphatic rings. The summed E-state index contributed by atoms with van der Waals surface area (Å²) in [5.41, 5.74) is 1.79. The van der Waals surface area contributed by atoms with E-state index in [0.29, 0.717) is 22.4 Å². The van der Waals surface area contributed by atoms with Gasteiger partial charge in [0.25, 0.3) is 0 Å². The second-order valence-electron chi connectivity index (χ2n) is 7.24. The van der Waals surface area contributed by atoms with Crippen molar-refractivity contribution in [1.82, 2.24) is 0 Å². The minimum Gasteiger partial charge on any atom is -0.496 e. The van der Waals surface area contributed by atoms with Crippen molar-refractivity contribution in [2.75, 3.05) is 7.11 Å². The SMILES string of the molecule is COc1cc(C(=O)C(O)c2ccc3c(c2)C=CC(C)(C)O3)cc(CO)c1CO. The van der Waals surface area contributed by atoms with E-state index >= 15 is 0 Å². The van der Waals surface area contributed by atoms with Gasteiger partial charge in [0.2, 0.25) is 0 Å². The summed E-state index contributed by atoms with van der Waals surface area (Å²) in [7, 11) is 1.41. The van der Waals surface area contributed by atoms with Crippen LogP contribution in [-0.2, 0) is 13.2 Å². The third-order valence-electron chi connectivity index (χ3n) is 4.77. The second-order valence-corrected chi connectivity index (χ2v) is 7.24. The molecule has 2 aromatic rings. The zero-order valence-corrected chi connectivity index (χ0v) is 16.1. The van der Waals surface area contributed by atoms with Gasteiger partial charge in [-0.15, -0.1) is 0 Å². The molecule has 0 amide bonds. The molecule has 0 bridgehead atoms. The predicted octanol–water partition coefficient (Wildman–Crippen LogP) is 2.78. The Bertz CT molecular complexity index is 904. The van der Waals surface area contributed by atoms with E-state index in [4.69, 9.17) is 9.47 Å². The highest BCUT2D eigenvalue weighted by atomic mass is 16.5. The van der Waals surface area contributed by atoms with E-state index in [-0.39, 0.29) is 24.5 Å². The van der Waals surface area contributed by atoms with Crippen molar-refractivity contribution in [3.05, 3.63) is 64.2 Å². The number of aliphatic hydroxyl groups is 3. The van der Waals surface area contributed by atoms with Crippen molar-refractivity contribution >= 4 is 11.9 Å². The van der Waals surface area contributed by atoms with Gasteiger partial charge in [0, 0.05) is 16.7 Å². The number of carbonyl (C=O) groups is 1. The molecule has 0 spiro atoms. The molecule has 148 valence electrons. The monoisotopic (exact) mass is 384 g/mol. The van der Waals surface area contributed by atoms with Crippen molar-refractivity contribution < 1.29 is 29.6 Å². The Labute approximate surface area is 163 Å². The zero-order chi connectivity index (χ0) is 20.5. The number of Topliss-reactive ketones (excluding diaryl/α,β-unsaturated/α-hetero) is 1. The van der Waals surface area contributed by atoms with Crippen LogP contribution in [0.25, 0.3) is 6.08 Å². The first-order valence-corrected chi connectivity index (χ1v) is 8.95. The number of ketones is 1. The fraction of sp³-hybridized carbons (Fsp3) is 0.318. The summed E-state index contributed by atoms with van der Waals surface area (Å²) >= 11 is 0. The van der Waals surface area contributed by atoms with E-state index in [0.717, 1.165) is 5.56 Å². The van der Waals surface area contributed by atoms with Crippen molar-refractivity contribution in [3.63, 3.8) is 0 Å². The van der Waals surface area contributed by atoms with Crippen LogP contribution in [0.3, 0.4) is 0 Å². The predicted molar refractivity (Wildman–Crippen MR) is 104 cm³/mol. The lowest BCUT2D eigenvalue weighted by Crippen LogP contribution is -2.27. The van der Waals surface area contributed by atoms with Crippen molar-refractivity contribution in [1.29, 1.82) is 0 Å². The van der Waals surface area contributed by atoms with Crippen LogP contribution in [0.4, 0.5) is 0 Å². The summed E-state index contributed by atoms with van der Waals surface area (Å²) in [4.78, 5) is 12.9. The summed E-state index contributed by atoms with van der Waals surface area (Å²) in [6.07, 6.45) is 2.44. The van der Waals surface area contributed by atoms with Gasteiger partial charge in [-0.05, 0) is 55.3 Å². The summed E-state index contributed by atoms with van der Waals surface area (Å²) in [6.45, 7) is 3.20. The van der Waals surface area contributed by atoms with E-state index in [1.807, 2.05) is 26.0 Å². The van der Waals surface area contributed by atoms with Gasteiger partial charge in [-0.3, -0.25) is 4.79 Å². The third-order valence-corrected chi connectivity index (χ3v) is 4.77. The molecule has 6 nitrogen and oxygen atoms in total. The topological polar surface area (TPSA) is 96.2 Å². The van der Waals surface area contributed by atoms with Crippen molar-refractivity contribution in [2.24, 2.45) is 0 Å². The molecule has 28 heavy (non-hydrogen) atoms. The fourth-order valence-corrected chi connectivity index (χ4v) is 3.23. The normalized spacial score (nSPS) is 15.5. The summed E-state index contributed by atoms with van der Waals surface area (Å²) < 4.78 is 11.1. The van der Waals surface area contributed by atoms with Crippen LogP contribution in [0.1, 0.15) is 52.6 Å². The van der Waals surface area contributed by atoms with Gasteiger partial charge in [-0.25, -0.2) is 0 Å². The smallest absolute Gasteiger partial charge is 0.195 e. The summed E-state index contributed by atoms with van der Waals surface area (Å²) in [5.74, 6) is 0.444. The minimum absolute atomic E-state index is 0.191. The van der Waals surface area contributed by atoms with E-state index in [1.165, 1.54) is 19.2 Å². The molecule has 1 aliphatic heterocycles. The lowest BCUT2D eigenvalue weighted by Gasteiger charge is -2.28. The van der Waals surface area contributed by atoms with Gasteiger partial charge in [0.15, 0.2) is 5.78 Å². The molecule has 2 aromatic carbocycles. The van der Waals surface area contributed by atoms with Gasteiger partial charge in [-0.2, -0.15) is 0 Å². The molecular formula is C22H24O6. The first-order valence-electron chi connectivity index (χ1n) is 8.95. The Morgan fingerprint density at radius 1 is 1.18 bits per heavy atom. The number of hydrogen-bond donors (Lipinski definition) is 3. The average Bonchev–Trinajstić information content (AvgIpc) is 2.70. The summed E-state index contributed by atoms with van der Waals surface area (Å²) in [6, 6.07) is 8.03. The molecule has 0 aromatic heterocycles. The Morgan fingerprint density at radius 3 is 2.57 bits per heavy atom. The van der Waals surface area contributed by atoms with Crippen molar-refractivity contribution in [3.8, 4) is 11.5 Å². The van der Waals surface area contributed by atoms with Crippen LogP contribution in [0, 0.1) is 0 Å². The van der Waals surface area contributed by atoms with Crippen LogP contribution in [-0.4, -0.2) is 33.8 Å². The first kappa shape index (κ1) is 20.1. The van der Waals surface area contributed by atoms with Crippen LogP contribution in [0.15, 0.2) is 36.4 Å². The number of aliphatic hydroxyl groups excluding tert-OH is 3. The number of ether oxygens (including phenoxy) is 2. The molecule has 1 unspecified atom stereocenters. The minimum atomic E-state index is -1.38. The van der Waals surface area contributed by atoms with Crippen LogP contribution >= 0.6 is 0 Å². The third kappa shape index (κ3) is 3.80. The maximum absolute atomic E-state index is 12.9. The van der Waals surface area contributed by atoms with Gasteiger partial charge in [-0.1, -0.05) is 12.1 Å². The van der Waals surface area contributed by atoms with Crippen LogP contribution < -0.4 is 9.47 Å². The summed E-state index contributed by atoms with van der Waals surface area (Å²) in [5, 5.41) is 29.7. The number of benzene rings is 2. The largest absolute Gasteiger partial charge is 0.496 e. The maximum Gasteiger partial charge on any atom is 0.195 e. The highest BCUT2D eigenvalue weighted by Gasteiger charge is 2.25. The van der Waals surface area contributed by atoms with E-state index in [9.17, 15) is 20.1 Å². The highest BCUT2D eigenvalue weighted by molar-refractivity contribution is 6.00. The van der Waals surface area contributed by atoms with E-state index in [1.54, 1.807) is 18.2 Å². The van der Waals surface area contributed by atoms with Crippen LogP contribution in [0.2, 0.25) is 0 Å². The number of carbonyl (C=O) groups excluding carboxylic acids is 1. The number of rotatable bonds is 6. The molecule has 6 heteroatoms. The van der Waals surface area contributed by atoms with Crippen LogP contribution in [0.5, 0.6) is 11.5 Å². The fourth-order valence-electron chi connectivity index (χ4n) is 3.23. The molecule has 3 N–H and O–H groups in total. The Kier molecular flexibility index (Phi) is 5.56. The average molecular weight is 384 g/mol. The molecular weight excluding hydrogens is 360 g/mol. The van der Waals surface area contributed by atoms with Gasteiger partial charge in [0.05, 0.1) is 20.3 Å². The van der Waals surface area contributed by atoms with Gasteiger partial charge >= 0.3 is 0 Å². The molecule has 1 atom stereocenters. The van der Waals surface area contributed by atoms with E-state index in [2.05, 4.69) is 0 Å². The quantitative estimate of drug-likeness (QED) is 0.663. The number of fused-ring (bicyclic) bond motifs is 1. The number of hydrogen-bond acceptors (Lipinski definition) is 6. The lowest BCUT2D eigenvalue weighted by molar-refractivity contribution is 0.0746. The molecule has 0 aliphatic carbocycles. The standard InChI is InChI=1S/C22H24O6/c1-22(2)7-6-13-8-14(4-5-18(13)28-22)20(25)21(26)15-9-16(11-23)17(12-24)19(10-15)27-3/h4-10,20,23-25H,11-12H2,1-3H3. The Morgan fingerprint density at radius 2 is 1.93 bits per heavy atom. The molecule has 0 fully saturated rings. The van der Waals surface area contributed by atoms with Gasteiger partial charge in [0.1, 0.15) is 23.2 Å². The Hall–Kier alpha value is -2.67. The maximum atomic E-state index is 12.9.